The summed E-state index contributed by atoms with van der Waals surface area (Å²) in [6, 6.07) is 11.4. The van der Waals surface area contributed by atoms with Crippen LogP contribution < -0.4 is 5.32 Å². The Morgan fingerprint density at radius 1 is 1.30 bits per heavy atom. The molecule has 118 valence electrons. The second kappa shape index (κ2) is 7.44. The van der Waals surface area contributed by atoms with Crippen LogP contribution in [0, 0.1) is 0 Å². The van der Waals surface area contributed by atoms with Crippen LogP contribution in [0.5, 0.6) is 0 Å². The maximum Gasteiger partial charge on any atom is 0.222 e. The Hall–Kier alpha value is -2.11. The standard InChI is InChI=1S/C17H16ClN3OS/c18-14-5-3-13(4-6-14)17(15-2-1-11-23-15)20-16(22)7-9-21-10-8-19-12-21/h1-6,8,10-12,17H,7,9H2,(H,20,22). The summed E-state index contributed by atoms with van der Waals surface area (Å²) in [5.41, 5.74) is 1.02. The summed E-state index contributed by atoms with van der Waals surface area (Å²) in [6.45, 7) is 0.615. The fraction of sp³-hybridized carbons (Fsp3) is 0.176. The van der Waals surface area contributed by atoms with Crippen LogP contribution in [-0.2, 0) is 11.3 Å². The molecule has 1 unspecified atom stereocenters. The molecule has 2 aromatic heterocycles. The first-order chi connectivity index (χ1) is 11.2. The van der Waals surface area contributed by atoms with E-state index in [1.807, 2.05) is 52.5 Å². The van der Waals surface area contributed by atoms with E-state index in [4.69, 9.17) is 11.6 Å². The molecule has 23 heavy (non-hydrogen) atoms. The van der Waals surface area contributed by atoms with Crippen LogP contribution in [0.2, 0.25) is 5.02 Å². The van der Waals surface area contributed by atoms with Gasteiger partial charge in [-0.15, -0.1) is 11.3 Å². The smallest absolute Gasteiger partial charge is 0.222 e. The molecule has 1 aromatic carbocycles. The predicted molar refractivity (Wildman–Crippen MR) is 92.6 cm³/mol. The minimum atomic E-state index is -0.150. The van der Waals surface area contributed by atoms with Crippen LogP contribution in [0.3, 0.4) is 0 Å². The van der Waals surface area contributed by atoms with Gasteiger partial charge in [-0.3, -0.25) is 4.79 Å². The minimum Gasteiger partial charge on any atom is -0.344 e. The quantitative estimate of drug-likeness (QED) is 0.736. The second-order valence-corrected chi connectivity index (χ2v) is 6.53. The van der Waals surface area contributed by atoms with Crippen molar-refractivity contribution < 1.29 is 4.79 Å². The fourth-order valence-corrected chi connectivity index (χ4v) is 3.24. The molecule has 0 radical (unpaired) electrons. The molecule has 1 amide bonds. The van der Waals surface area contributed by atoms with E-state index in [1.54, 1.807) is 23.9 Å². The maximum atomic E-state index is 12.3. The normalized spacial score (nSPS) is 12.0. The molecular weight excluding hydrogens is 330 g/mol. The number of benzene rings is 1. The van der Waals surface area contributed by atoms with Crippen LogP contribution in [-0.4, -0.2) is 15.5 Å². The van der Waals surface area contributed by atoms with Gasteiger partial charge >= 0.3 is 0 Å². The van der Waals surface area contributed by atoms with Gasteiger partial charge in [0.15, 0.2) is 0 Å². The van der Waals surface area contributed by atoms with E-state index in [2.05, 4.69) is 10.3 Å². The zero-order valence-corrected chi connectivity index (χ0v) is 13.9. The SMILES string of the molecule is O=C(CCn1ccnc1)NC(c1ccc(Cl)cc1)c1cccs1. The van der Waals surface area contributed by atoms with E-state index in [0.717, 1.165) is 10.4 Å². The summed E-state index contributed by atoms with van der Waals surface area (Å²) in [4.78, 5) is 17.4. The van der Waals surface area contributed by atoms with Crippen molar-refractivity contribution in [2.75, 3.05) is 0 Å². The number of rotatable bonds is 6. The molecule has 0 saturated heterocycles. The van der Waals surface area contributed by atoms with Crippen molar-refractivity contribution in [3.05, 3.63) is 76.0 Å². The molecule has 0 saturated carbocycles. The Labute approximate surface area is 143 Å². The second-order valence-electron chi connectivity index (χ2n) is 5.12. The zero-order valence-electron chi connectivity index (χ0n) is 12.4. The van der Waals surface area contributed by atoms with Crippen molar-refractivity contribution in [3.8, 4) is 0 Å². The number of thiophene rings is 1. The van der Waals surface area contributed by atoms with Gasteiger partial charge in [-0.25, -0.2) is 4.98 Å². The molecule has 6 heteroatoms. The van der Waals surface area contributed by atoms with Crippen molar-refractivity contribution in [1.82, 2.24) is 14.9 Å². The summed E-state index contributed by atoms with van der Waals surface area (Å²) in [7, 11) is 0. The fourth-order valence-electron chi connectivity index (χ4n) is 2.31. The van der Waals surface area contributed by atoms with E-state index in [0.29, 0.717) is 18.0 Å². The molecule has 4 nitrogen and oxygen atoms in total. The van der Waals surface area contributed by atoms with Gasteiger partial charge in [-0.2, -0.15) is 0 Å². The lowest BCUT2D eigenvalue weighted by Gasteiger charge is -2.18. The Bertz CT molecular complexity index is 739. The van der Waals surface area contributed by atoms with Crippen LogP contribution in [0.15, 0.2) is 60.5 Å². The molecule has 3 rings (SSSR count). The Balaban J connectivity index is 1.71. The largest absolute Gasteiger partial charge is 0.344 e. The molecule has 0 aliphatic carbocycles. The summed E-state index contributed by atoms with van der Waals surface area (Å²) in [5.74, 6) is 0.00653. The molecule has 0 fully saturated rings. The van der Waals surface area contributed by atoms with Crippen molar-refractivity contribution in [2.24, 2.45) is 0 Å². The highest BCUT2D eigenvalue weighted by Crippen LogP contribution is 2.27. The summed E-state index contributed by atoms with van der Waals surface area (Å²) in [6.07, 6.45) is 5.68. The van der Waals surface area contributed by atoms with E-state index < -0.39 is 0 Å². The minimum absolute atomic E-state index is 0.00653. The van der Waals surface area contributed by atoms with Gasteiger partial charge in [0, 0.05) is 35.3 Å². The number of carbonyl (C=O) groups is 1. The summed E-state index contributed by atoms with van der Waals surface area (Å²) >= 11 is 7.59. The number of nitrogens with zero attached hydrogens (tertiary/aromatic N) is 2. The van der Waals surface area contributed by atoms with Gasteiger partial charge < -0.3 is 9.88 Å². The number of carbonyl (C=O) groups excluding carboxylic acids is 1. The number of hydrogen-bond donors (Lipinski definition) is 1. The topological polar surface area (TPSA) is 46.9 Å². The van der Waals surface area contributed by atoms with Gasteiger partial charge in [-0.1, -0.05) is 29.8 Å². The van der Waals surface area contributed by atoms with Gasteiger partial charge in [0.1, 0.15) is 0 Å². The van der Waals surface area contributed by atoms with Gasteiger partial charge in [0.05, 0.1) is 12.4 Å². The van der Waals surface area contributed by atoms with Crippen molar-refractivity contribution >= 4 is 28.8 Å². The van der Waals surface area contributed by atoms with Gasteiger partial charge in [0.25, 0.3) is 0 Å². The zero-order chi connectivity index (χ0) is 16.1. The highest BCUT2D eigenvalue weighted by molar-refractivity contribution is 7.10. The van der Waals surface area contributed by atoms with Crippen LogP contribution in [0.25, 0.3) is 0 Å². The highest BCUT2D eigenvalue weighted by Gasteiger charge is 2.17. The lowest BCUT2D eigenvalue weighted by Crippen LogP contribution is -2.29. The van der Waals surface area contributed by atoms with E-state index in [1.165, 1.54) is 0 Å². The average molecular weight is 346 g/mol. The average Bonchev–Trinajstić information content (AvgIpc) is 3.25. The third kappa shape index (κ3) is 4.21. The molecule has 0 bridgehead atoms. The number of aromatic nitrogens is 2. The number of imidazole rings is 1. The first-order valence-corrected chi connectivity index (χ1v) is 8.52. The Morgan fingerprint density at radius 3 is 2.78 bits per heavy atom. The number of aryl methyl sites for hydroxylation is 1. The first kappa shape index (κ1) is 15.8. The molecule has 1 atom stereocenters. The summed E-state index contributed by atoms with van der Waals surface area (Å²) in [5, 5.41) is 5.81. The predicted octanol–water partition coefficient (Wildman–Crippen LogP) is 3.89. The lowest BCUT2D eigenvalue weighted by atomic mass is 10.1. The van der Waals surface area contributed by atoms with Crippen molar-refractivity contribution in [3.63, 3.8) is 0 Å². The number of amides is 1. The molecule has 1 N–H and O–H groups in total. The molecule has 0 spiro atoms. The number of halogens is 1. The first-order valence-electron chi connectivity index (χ1n) is 7.26. The van der Waals surface area contributed by atoms with E-state index in [9.17, 15) is 4.79 Å². The molecule has 0 aliphatic heterocycles. The van der Waals surface area contributed by atoms with E-state index >= 15 is 0 Å². The van der Waals surface area contributed by atoms with Crippen LogP contribution >= 0.6 is 22.9 Å². The third-order valence-electron chi connectivity index (χ3n) is 3.49. The monoisotopic (exact) mass is 345 g/mol. The van der Waals surface area contributed by atoms with Crippen molar-refractivity contribution in [1.29, 1.82) is 0 Å². The Morgan fingerprint density at radius 2 is 2.13 bits per heavy atom. The van der Waals surface area contributed by atoms with Gasteiger partial charge in [-0.05, 0) is 29.1 Å². The number of nitrogens with one attached hydrogen (secondary N) is 1. The van der Waals surface area contributed by atoms with Gasteiger partial charge in [0.2, 0.25) is 5.91 Å². The maximum absolute atomic E-state index is 12.3. The molecule has 0 aliphatic rings. The molecule has 3 aromatic rings. The van der Waals surface area contributed by atoms with Crippen LogP contribution in [0.1, 0.15) is 22.9 Å². The number of hydrogen-bond acceptors (Lipinski definition) is 3. The van der Waals surface area contributed by atoms with Crippen LogP contribution in [0.4, 0.5) is 0 Å². The summed E-state index contributed by atoms with van der Waals surface area (Å²) < 4.78 is 1.89. The Kier molecular flexibility index (Phi) is 5.10. The highest BCUT2D eigenvalue weighted by atomic mass is 35.5. The van der Waals surface area contributed by atoms with Crippen molar-refractivity contribution in [2.45, 2.75) is 19.0 Å². The lowest BCUT2D eigenvalue weighted by molar-refractivity contribution is -0.121. The molecule has 2 heterocycles. The van der Waals surface area contributed by atoms with E-state index in [-0.39, 0.29) is 11.9 Å². The third-order valence-corrected chi connectivity index (χ3v) is 4.68. The molecular formula is C17H16ClN3OS.